The Balaban J connectivity index is 3.25. The average Bonchev–Trinajstić information content (AvgIpc) is 2.27. The molecule has 16 heavy (non-hydrogen) atoms. The summed E-state index contributed by atoms with van der Waals surface area (Å²) in [6.45, 7) is 6.34. The molecule has 0 spiro atoms. The number of ether oxygens (including phenoxy) is 2. The zero-order valence-corrected chi connectivity index (χ0v) is 10.8. The molecule has 2 nitrogen and oxygen atoms in total. The van der Waals surface area contributed by atoms with Crippen molar-refractivity contribution in [2.24, 2.45) is 0 Å². The van der Waals surface area contributed by atoms with Crippen LogP contribution in [0.1, 0.15) is 37.8 Å². The van der Waals surface area contributed by atoms with E-state index < -0.39 is 0 Å². The lowest BCUT2D eigenvalue weighted by Crippen LogP contribution is -2.00. The third-order valence-corrected chi connectivity index (χ3v) is 2.62. The first kappa shape index (κ1) is 12.9. The van der Waals surface area contributed by atoms with E-state index in [2.05, 4.69) is 39.3 Å². The van der Waals surface area contributed by atoms with Crippen molar-refractivity contribution in [3.05, 3.63) is 29.7 Å². The third-order valence-electron chi connectivity index (χ3n) is 2.62. The van der Waals surface area contributed by atoms with E-state index in [0.29, 0.717) is 5.92 Å². The molecule has 0 aliphatic carbocycles. The molecule has 0 aliphatic heterocycles. The standard InChI is InChI=1S/C14H21O2/c1-6-7-11-8-12(15-4)14(10(2)3)13(9-11)16-5/h6,8-10H,7H2,1-5H3. The van der Waals surface area contributed by atoms with Crippen molar-refractivity contribution >= 4 is 0 Å². The van der Waals surface area contributed by atoms with Gasteiger partial charge in [0.2, 0.25) is 0 Å². The van der Waals surface area contributed by atoms with E-state index >= 15 is 0 Å². The summed E-state index contributed by atoms with van der Waals surface area (Å²) in [5.74, 6) is 2.24. The van der Waals surface area contributed by atoms with E-state index in [0.717, 1.165) is 23.5 Å². The second kappa shape index (κ2) is 5.78. The van der Waals surface area contributed by atoms with Crippen LogP contribution in [0.4, 0.5) is 0 Å². The molecule has 1 rings (SSSR count). The maximum atomic E-state index is 5.44. The highest BCUT2D eigenvalue weighted by atomic mass is 16.5. The number of hydrogen-bond donors (Lipinski definition) is 0. The molecular weight excluding hydrogens is 200 g/mol. The van der Waals surface area contributed by atoms with E-state index in [-0.39, 0.29) is 0 Å². The summed E-state index contributed by atoms with van der Waals surface area (Å²) in [5.41, 5.74) is 2.37. The molecule has 0 heterocycles. The van der Waals surface area contributed by atoms with E-state index in [9.17, 15) is 0 Å². The SMILES string of the molecule is C[CH]Cc1cc(OC)c(C(C)C)c(OC)c1. The maximum absolute atomic E-state index is 5.44. The lowest BCUT2D eigenvalue weighted by molar-refractivity contribution is 0.381. The summed E-state index contributed by atoms with van der Waals surface area (Å²) >= 11 is 0. The average molecular weight is 221 g/mol. The van der Waals surface area contributed by atoms with Crippen LogP contribution in [0.5, 0.6) is 11.5 Å². The van der Waals surface area contributed by atoms with Crippen LogP contribution >= 0.6 is 0 Å². The quantitative estimate of drug-likeness (QED) is 0.756. The predicted molar refractivity (Wildman–Crippen MR) is 67.3 cm³/mol. The van der Waals surface area contributed by atoms with E-state index in [4.69, 9.17) is 9.47 Å². The van der Waals surface area contributed by atoms with E-state index in [1.165, 1.54) is 5.56 Å². The van der Waals surface area contributed by atoms with Crippen molar-refractivity contribution in [3.63, 3.8) is 0 Å². The number of rotatable bonds is 5. The summed E-state index contributed by atoms with van der Waals surface area (Å²) in [6, 6.07) is 4.19. The van der Waals surface area contributed by atoms with Crippen LogP contribution in [0, 0.1) is 6.42 Å². The molecule has 0 unspecified atom stereocenters. The lowest BCUT2D eigenvalue weighted by Gasteiger charge is -2.17. The van der Waals surface area contributed by atoms with Crippen LogP contribution in [-0.4, -0.2) is 14.2 Å². The Hall–Kier alpha value is -1.18. The number of hydrogen-bond acceptors (Lipinski definition) is 2. The van der Waals surface area contributed by atoms with Gasteiger partial charge in [0.1, 0.15) is 11.5 Å². The highest BCUT2D eigenvalue weighted by molar-refractivity contribution is 5.50. The minimum absolute atomic E-state index is 0.393. The fourth-order valence-electron chi connectivity index (χ4n) is 1.92. The molecule has 0 saturated heterocycles. The smallest absolute Gasteiger partial charge is 0.126 e. The van der Waals surface area contributed by atoms with Gasteiger partial charge in [0.05, 0.1) is 14.2 Å². The van der Waals surface area contributed by atoms with Crippen LogP contribution in [0.25, 0.3) is 0 Å². The van der Waals surface area contributed by atoms with Gasteiger partial charge in [0.25, 0.3) is 0 Å². The normalized spacial score (nSPS) is 10.6. The van der Waals surface area contributed by atoms with Crippen molar-refractivity contribution in [2.45, 2.75) is 33.1 Å². The largest absolute Gasteiger partial charge is 0.496 e. The Bertz CT molecular complexity index is 318. The maximum Gasteiger partial charge on any atom is 0.126 e. The van der Waals surface area contributed by atoms with E-state index in [1.807, 2.05) is 0 Å². The number of benzene rings is 1. The molecular formula is C14H21O2. The first-order valence-corrected chi connectivity index (χ1v) is 5.66. The van der Waals surface area contributed by atoms with Gasteiger partial charge in [-0.3, -0.25) is 0 Å². The minimum atomic E-state index is 0.393. The summed E-state index contributed by atoms with van der Waals surface area (Å²) in [5, 5.41) is 0. The molecule has 2 heteroatoms. The van der Waals surface area contributed by atoms with Crippen LogP contribution in [0.2, 0.25) is 0 Å². The van der Waals surface area contributed by atoms with Crippen molar-refractivity contribution in [1.29, 1.82) is 0 Å². The van der Waals surface area contributed by atoms with Gasteiger partial charge in [-0.25, -0.2) is 0 Å². The first-order chi connectivity index (χ1) is 7.63. The fourth-order valence-corrected chi connectivity index (χ4v) is 1.92. The van der Waals surface area contributed by atoms with Gasteiger partial charge in [0.15, 0.2) is 0 Å². The second-order valence-electron chi connectivity index (χ2n) is 4.18. The molecule has 0 bridgehead atoms. The van der Waals surface area contributed by atoms with Gasteiger partial charge < -0.3 is 9.47 Å². The Morgan fingerprint density at radius 3 is 1.94 bits per heavy atom. The summed E-state index contributed by atoms with van der Waals surface area (Å²) in [7, 11) is 3.42. The van der Waals surface area contributed by atoms with Gasteiger partial charge in [-0.05, 0) is 36.5 Å². The highest BCUT2D eigenvalue weighted by Crippen LogP contribution is 2.36. The van der Waals surface area contributed by atoms with Gasteiger partial charge >= 0.3 is 0 Å². The topological polar surface area (TPSA) is 18.5 Å². The Morgan fingerprint density at radius 1 is 1.12 bits per heavy atom. The van der Waals surface area contributed by atoms with Crippen molar-refractivity contribution in [1.82, 2.24) is 0 Å². The molecule has 1 radical (unpaired) electrons. The van der Waals surface area contributed by atoms with Crippen molar-refractivity contribution < 1.29 is 9.47 Å². The Labute approximate surface area is 98.6 Å². The van der Waals surface area contributed by atoms with Crippen LogP contribution in [0.15, 0.2) is 12.1 Å². The molecule has 0 atom stereocenters. The monoisotopic (exact) mass is 221 g/mol. The lowest BCUT2D eigenvalue weighted by atomic mass is 9.97. The van der Waals surface area contributed by atoms with Crippen molar-refractivity contribution in [3.8, 4) is 11.5 Å². The zero-order chi connectivity index (χ0) is 12.1. The van der Waals surface area contributed by atoms with Crippen LogP contribution in [-0.2, 0) is 6.42 Å². The highest BCUT2D eigenvalue weighted by Gasteiger charge is 2.15. The Kier molecular flexibility index (Phi) is 4.66. The molecule has 0 fully saturated rings. The van der Waals surface area contributed by atoms with Gasteiger partial charge in [-0.1, -0.05) is 20.8 Å². The van der Waals surface area contributed by atoms with Crippen molar-refractivity contribution in [2.75, 3.05) is 14.2 Å². The summed E-state index contributed by atoms with van der Waals surface area (Å²) in [4.78, 5) is 0. The molecule has 0 aromatic heterocycles. The molecule has 89 valence electrons. The second-order valence-corrected chi connectivity index (χ2v) is 4.18. The molecule has 0 amide bonds. The first-order valence-electron chi connectivity index (χ1n) is 5.66. The van der Waals surface area contributed by atoms with Gasteiger partial charge in [0, 0.05) is 5.56 Å². The van der Waals surface area contributed by atoms with Crippen LogP contribution in [0.3, 0.4) is 0 Å². The predicted octanol–water partition coefficient (Wildman–Crippen LogP) is 3.59. The van der Waals surface area contributed by atoms with Gasteiger partial charge in [-0.15, -0.1) is 0 Å². The fraction of sp³-hybridized carbons (Fsp3) is 0.500. The van der Waals surface area contributed by atoms with E-state index in [1.54, 1.807) is 14.2 Å². The zero-order valence-electron chi connectivity index (χ0n) is 10.8. The minimum Gasteiger partial charge on any atom is -0.496 e. The molecule has 1 aromatic rings. The molecule has 0 N–H and O–H groups in total. The molecule has 0 aliphatic rings. The third kappa shape index (κ3) is 2.69. The number of methoxy groups -OCH3 is 2. The van der Waals surface area contributed by atoms with Gasteiger partial charge in [-0.2, -0.15) is 0 Å². The molecule has 0 saturated carbocycles. The summed E-state index contributed by atoms with van der Waals surface area (Å²) in [6.07, 6.45) is 3.06. The summed E-state index contributed by atoms with van der Waals surface area (Å²) < 4.78 is 10.9. The Morgan fingerprint density at radius 2 is 1.62 bits per heavy atom. The molecule has 1 aromatic carbocycles. The van der Waals surface area contributed by atoms with Crippen LogP contribution < -0.4 is 9.47 Å².